The third-order valence-electron chi connectivity index (χ3n) is 4.76. The van der Waals surface area contributed by atoms with Gasteiger partial charge in [-0.25, -0.2) is 13.2 Å². The maximum Gasteiger partial charge on any atom is 0.337 e. The Morgan fingerprint density at radius 2 is 1.73 bits per heavy atom. The van der Waals surface area contributed by atoms with Gasteiger partial charge in [0.05, 0.1) is 36.3 Å². The van der Waals surface area contributed by atoms with E-state index in [9.17, 15) is 18.3 Å². The molecule has 3 aromatic rings. The quantitative estimate of drug-likeness (QED) is 0.601. The van der Waals surface area contributed by atoms with Crippen molar-refractivity contribution in [1.82, 2.24) is 4.57 Å². The molecular weight excluding hydrogens is 406 g/mol. The second-order valence-electron chi connectivity index (χ2n) is 7.11. The molecule has 0 bridgehead atoms. The van der Waals surface area contributed by atoms with E-state index in [0.29, 0.717) is 30.2 Å². The zero-order valence-electron chi connectivity index (χ0n) is 16.2. The average Bonchev–Trinajstić information content (AvgIpc) is 3.18. The molecule has 2 aromatic carbocycles. The number of ether oxygens (including phenoxy) is 1. The Morgan fingerprint density at radius 1 is 1.07 bits per heavy atom. The average molecular weight is 427 g/mol. The fourth-order valence-corrected chi connectivity index (χ4v) is 4.00. The van der Waals surface area contributed by atoms with Gasteiger partial charge >= 0.3 is 5.97 Å². The van der Waals surface area contributed by atoms with Crippen LogP contribution in [0.4, 0.5) is 11.4 Å². The van der Waals surface area contributed by atoms with Gasteiger partial charge in [-0.2, -0.15) is 0 Å². The summed E-state index contributed by atoms with van der Waals surface area (Å²) in [4.78, 5) is 13.8. The van der Waals surface area contributed by atoms with E-state index < -0.39 is 16.0 Å². The van der Waals surface area contributed by atoms with Gasteiger partial charge in [-0.15, -0.1) is 0 Å². The summed E-state index contributed by atoms with van der Waals surface area (Å²) in [5, 5.41) is 9.60. The van der Waals surface area contributed by atoms with Crippen molar-refractivity contribution in [1.29, 1.82) is 0 Å². The van der Waals surface area contributed by atoms with Gasteiger partial charge in [-0.05, 0) is 48.5 Å². The number of hydrogen-bond donors (Lipinski definition) is 2. The van der Waals surface area contributed by atoms with Crippen molar-refractivity contribution < 1.29 is 23.1 Å². The molecule has 0 amide bonds. The van der Waals surface area contributed by atoms with Crippen molar-refractivity contribution in [2.24, 2.45) is 0 Å². The second-order valence-corrected chi connectivity index (χ2v) is 8.86. The number of benzene rings is 2. The number of carboxylic acids is 1. The molecule has 0 atom stereocenters. The summed E-state index contributed by atoms with van der Waals surface area (Å²) < 4.78 is 32.7. The summed E-state index contributed by atoms with van der Waals surface area (Å²) in [6.45, 7) is 1.22. The summed E-state index contributed by atoms with van der Waals surface area (Å²) in [5.41, 5.74) is 2.17. The fourth-order valence-electron chi connectivity index (χ4n) is 3.43. The van der Waals surface area contributed by atoms with Crippen LogP contribution in [0.2, 0.25) is 0 Å². The van der Waals surface area contributed by atoms with E-state index in [-0.39, 0.29) is 11.7 Å². The van der Waals surface area contributed by atoms with Crippen molar-refractivity contribution in [3.8, 4) is 11.4 Å². The molecule has 0 radical (unpaired) electrons. The lowest BCUT2D eigenvalue weighted by atomic mass is 10.1. The van der Waals surface area contributed by atoms with Gasteiger partial charge in [0.25, 0.3) is 0 Å². The number of anilines is 2. The minimum atomic E-state index is -3.32. The Bertz CT molecular complexity index is 1150. The first-order chi connectivity index (χ1) is 14.3. The normalized spacial score (nSPS) is 14.2. The molecule has 156 valence electrons. The van der Waals surface area contributed by atoms with Crippen LogP contribution in [-0.2, 0) is 10.0 Å². The van der Waals surface area contributed by atoms with Crippen LogP contribution in [-0.4, -0.2) is 49.5 Å². The minimum Gasteiger partial charge on any atom is -0.487 e. The molecule has 0 aliphatic carbocycles. The molecule has 1 aromatic heterocycles. The molecule has 9 heteroatoms. The number of rotatable bonds is 7. The van der Waals surface area contributed by atoms with Crippen LogP contribution in [0, 0.1) is 0 Å². The minimum absolute atomic E-state index is 0.0512. The SMILES string of the molecule is CS(=O)(=O)Nc1ccc(OC2CN(c3cccc(C(=O)O)c3-n3cccc3)C2)cc1. The van der Waals surface area contributed by atoms with Gasteiger partial charge in [0.1, 0.15) is 11.9 Å². The summed E-state index contributed by atoms with van der Waals surface area (Å²) in [6, 6.07) is 15.7. The van der Waals surface area contributed by atoms with Crippen molar-refractivity contribution >= 4 is 27.4 Å². The van der Waals surface area contributed by atoms with E-state index in [1.165, 1.54) is 0 Å². The van der Waals surface area contributed by atoms with E-state index in [2.05, 4.69) is 9.62 Å². The zero-order valence-corrected chi connectivity index (χ0v) is 17.0. The highest BCUT2D eigenvalue weighted by Gasteiger charge is 2.31. The van der Waals surface area contributed by atoms with Gasteiger partial charge < -0.3 is 19.3 Å². The first-order valence-corrected chi connectivity index (χ1v) is 11.2. The third-order valence-corrected chi connectivity index (χ3v) is 5.36. The van der Waals surface area contributed by atoms with Gasteiger partial charge in [0.15, 0.2) is 0 Å². The van der Waals surface area contributed by atoms with Crippen LogP contribution < -0.4 is 14.4 Å². The lowest BCUT2D eigenvalue weighted by molar-refractivity contribution is 0.0697. The monoisotopic (exact) mass is 427 g/mol. The molecule has 2 N–H and O–H groups in total. The van der Waals surface area contributed by atoms with E-state index in [0.717, 1.165) is 11.9 Å². The largest absolute Gasteiger partial charge is 0.487 e. The zero-order chi connectivity index (χ0) is 21.3. The van der Waals surface area contributed by atoms with Crippen LogP contribution in [0.3, 0.4) is 0 Å². The van der Waals surface area contributed by atoms with Crippen molar-refractivity contribution in [2.75, 3.05) is 29.0 Å². The molecule has 4 rings (SSSR count). The maximum atomic E-state index is 11.7. The van der Waals surface area contributed by atoms with Crippen LogP contribution in [0.5, 0.6) is 5.75 Å². The van der Waals surface area contributed by atoms with Gasteiger partial charge in [-0.1, -0.05) is 6.07 Å². The van der Waals surface area contributed by atoms with E-state index >= 15 is 0 Å². The Morgan fingerprint density at radius 3 is 2.33 bits per heavy atom. The summed E-state index contributed by atoms with van der Waals surface area (Å²) >= 11 is 0. The van der Waals surface area contributed by atoms with E-state index in [1.807, 2.05) is 30.6 Å². The first-order valence-electron chi connectivity index (χ1n) is 9.29. The Labute approximate surface area is 174 Å². The number of nitrogens with one attached hydrogen (secondary N) is 1. The van der Waals surface area contributed by atoms with Crippen molar-refractivity contribution in [2.45, 2.75) is 6.10 Å². The number of carboxylic acid groups (broad SMARTS) is 1. The molecule has 0 spiro atoms. The highest BCUT2D eigenvalue weighted by molar-refractivity contribution is 7.92. The fraction of sp³-hybridized carbons (Fsp3) is 0.190. The topological polar surface area (TPSA) is 101 Å². The Kier molecular flexibility index (Phi) is 5.13. The lowest BCUT2D eigenvalue weighted by Crippen LogP contribution is -2.54. The summed E-state index contributed by atoms with van der Waals surface area (Å²) in [5.74, 6) is -0.333. The number of aromatic carboxylic acids is 1. The maximum absolute atomic E-state index is 11.7. The molecule has 1 aliphatic heterocycles. The molecule has 0 unspecified atom stereocenters. The molecule has 2 heterocycles. The predicted molar refractivity (Wildman–Crippen MR) is 114 cm³/mol. The summed E-state index contributed by atoms with van der Waals surface area (Å²) in [6.07, 6.45) is 4.70. The smallest absolute Gasteiger partial charge is 0.337 e. The van der Waals surface area contributed by atoms with Crippen LogP contribution in [0.1, 0.15) is 10.4 Å². The molecule has 30 heavy (non-hydrogen) atoms. The Balaban J connectivity index is 1.46. The third kappa shape index (κ3) is 4.25. The summed E-state index contributed by atoms with van der Waals surface area (Å²) in [7, 11) is -3.32. The highest BCUT2D eigenvalue weighted by atomic mass is 32.2. The number of nitrogens with zero attached hydrogens (tertiary/aromatic N) is 2. The Hall–Kier alpha value is -3.46. The van der Waals surface area contributed by atoms with Crippen LogP contribution in [0.25, 0.3) is 5.69 Å². The predicted octanol–water partition coefficient (Wildman–Crippen LogP) is 2.81. The number of carbonyl (C=O) groups is 1. The van der Waals surface area contributed by atoms with E-state index in [1.54, 1.807) is 41.0 Å². The number of aromatic nitrogens is 1. The molecule has 1 aliphatic rings. The van der Waals surface area contributed by atoms with Gasteiger partial charge in [0.2, 0.25) is 10.0 Å². The molecule has 1 saturated heterocycles. The molecule has 8 nitrogen and oxygen atoms in total. The first kappa shape index (κ1) is 19.8. The number of hydrogen-bond acceptors (Lipinski definition) is 5. The standard InChI is InChI=1S/C21H21N3O5S/c1-30(27,28)22-15-7-9-16(10-8-15)29-17-13-24(14-17)19-6-4-5-18(21(25)26)20(19)23-11-2-3-12-23/h2-12,17,22H,13-14H2,1H3,(H,25,26). The molecule has 1 fully saturated rings. The van der Waals surface area contributed by atoms with Crippen LogP contribution in [0.15, 0.2) is 67.0 Å². The number of para-hydroxylation sites is 1. The lowest BCUT2D eigenvalue weighted by Gasteiger charge is -2.41. The number of sulfonamides is 1. The van der Waals surface area contributed by atoms with Gasteiger partial charge in [0, 0.05) is 18.1 Å². The van der Waals surface area contributed by atoms with Crippen molar-refractivity contribution in [3.63, 3.8) is 0 Å². The van der Waals surface area contributed by atoms with Crippen molar-refractivity contribution in [3.05, 3.63) is 72.6 Å². The van der Waals surface area contributed by atoms with E-state index in [4.69, 9.17) is 4.74 Å². The highest BCUT2D eigenvalue weighted by Crippen LogP contribution is 2.32. The van der Waals surface area contributed by atoms with Crippen LogP contribution >= 0.6 is 0 Å². The second kappa shape index (κ2) is 7.75. The molecule has 0 saturated carbocycles. The molecular formula is C21H21N3O5S. The van der Waals surface area contributed by atoms with Gasteiger partial charge in [-0.3, -0.25) is 4.72 Å².